The van der Waals surface area contributed by atoms with Crippen LogP contribution < -0.4 is 10.6 Å². The lowest BCUT2D eigenvalue weighted by atomic mass is 10.1. The zero-order valence-electron chi connectivity index (χ0n) is 12.0. The third-order valence-corrected chi connectivity index (χ3v) is 3.55. The van der Waals surface area contributed by atoms with E-state index in [1.165, 1.54) is 77.3 Å². The minimum absolute atomic E-state index is 0.738. The Balaban J connectivity index is 2.00. The Labute approximate surface area is 113 Å². The zero-order chi connectivity index (χ0) is 12.7. The summed E-state index contributed by atoms with van der Waals surface area (Å²) >= 11 is 0. The lowest BCUT2D eigenvalue weighted by Crippen LogP contribution is -2.19. The molecule has 18 heavy (non-hydrogen) atoms. The van der Waals surface area contributed by atoms with Gasteiger partial charge in [0.2, 0.25) is 0 Å². The molecule has 3 heteroatoms. The van der Waals surface area contributed by atoms with Gasteiger partial charge in [0.05, 0.1) is 6.73 Å². The fraction of sp³-hybridized carbons (Fsp3) is 1.00. The number of nitrogens with one attached hydrogen (secondary N) is 2. The van der Waals surface area contributed by atoms with E-state index in [0.717, 1.165) is 19.9 Å². The van der Waals surface area contributed by atoms with Crippen LogP contribution in [0.25, 0.3) is 0 Å². The molecule has 1 saturated heterocycles. The van der Waals surface area contributed by atoms with E-state index in [4.69, 9.17) is 4.74 Å². The van der Waals surface area contributed by atoms with Crippen LogP contribution in [0.15, 0.2) is 0 Å². The molecule has 0 bridgehead atoms. The minimum Gasteiger partial charge on any atom is -0.366 e. The molecule has 0 aromatic carbocycles. The molecule has 0 radical (unpaired) electrons. The van der Waals surface area contributed by atoms with E-state index in [1.54, 1.807) is 0 Å². The topological polar surface area (TPSA) is 33.3 Å². The fourth-order valence-electron chi connectivity index (χ4n) is 2.36. The second-order valence-electron chi connectivity index (χ2n) is 5.34. The molecule has 0 atom stereocenters. The molecule has 0 saturated carbocycles. The minimum atomic E-state index is 0.738. The highest BCUT2D eigenvalue weighted by atomic mass is 16.5. The molecule has 1 aliphatic rings. The Morgan fingerprint density at radius 3 is 1.67 bits per heavy atom. The van der Waals surface area contributed by atoms with Crippen molar-refractivity contribution < 1.29 is 4.74 Å². The van der Waals surface area contributed by atoms with E-state index in [2.05, 4.69) is 10.6 Å². The van der Waals surface area contributed by atoms with Crippen LogP contribution in [0.5, 0.6) is 0 Å². The standard InChI is InChI=1S/C15H32N2O/c1-2-4-9-13-17-15-18-14-10-6-5-8-12-16-11-7-3-1/h16-17H,1-15H2. The zero-order valence-corrected chi connectivity index (χ0v) is 12.0. The average molecular weight is 256 g/mol. The molecule has 1 aliphatic heterocycles. The van der Waals surface area contributed by atoms with Crippen molar-refractivity contribution in [1.82, 2.24) is 10.6 Å². The molecule has 1 rings (SSSR count). The summed E-state index contributed by atoms with van der Waals surface area (Å²) in [4.78, 5) is 0. The summed E-state index contributed by atoms with van der Waals surface area (Å²) in [5, 5.41) is 6.91. The maximum Gasteiger partial charge on any atom is 0.0965 e. The smallest absolute Gasteiger partial charge is 0.0965 e. The first-order chi connectivity index (χ1) is 9.00. The second kappa shape index (κ2) is 13.3. The SMILES string of the molecule is C1CCCCNCOCCCCCCNCCC1. The summed E-state index contributed by atoms with van der Waals surface area (Å²) in [6, 6.07) is 0. The van der Waals surface area contributed by atoms with E-state index >= 15 is 0 Å². The second-order valence-corrected chi connectivity index (χ2v) is 5.34. The molecule has 2 N–H and O–H groups in total. The molecule has 0 amide bonds. The van der Waals surface area contributed by atoms with Gasteiger partial charge < -0.3 is 10.1 Å². The first kappa shape index (κ1) is 15.9. The van der Waals surface area contributed by atoms with Crippen molar-refractivity contribution in [2.75, 3.05) is 33.0 Å². The number of ether oxygens (including phenoxy) is 1. The van der Waals surface area contributed by atoms with Gasteiger partial charge in [-0.05, 0) is 45.3 Å². The van der Waals surface area contributed by atoms with E-state index in [0.29, 0.717) is 0 Å². The predicted octanol–water partition coefficient (Wildman–Crippen LogP) is 3.05. The summed E-state index contributed by atoms with van der Waals surface area (Å²) in [7, 11) is 0. The Morgan fingerprint density at radius 1 is 0.500 bits per heavy atom. The van der Waals surface area contributed by atoms with Crippen LogP contribution in [-0.4, -0.2) is 33.0 Å². The highest BCUT2D eigenvalue weighted by Crippen LogP contribution is 2.05. The van der Waals surface area contributed by atoms with Gasteiger partial charge >= 0.3 is 0 Å². The van der Waals surface area contributed by atoms with Crippen LogP contribution in [0.1, 0.15) is 64.2 Å². The van der Waals surface area contributed by atoms with Crippen LogP contribution in [0.4, 0.5) is 0 Å². The van der Waals surface area contributed by atoms with E-state index in [-0.39, 0.29) is 0 Å². The third-order valence-electron chi connectivity index (χ3n) is 3.55. The molecule has 1 heterocycles. The van der Waals surface area contributed by atoms with Gasteiger partial charge in [0.15, 0.2) is 0 Å². The average Bonchev–Trinajstić information content (AvgIpc) is 2.39. The van der Waals surface area contributed by atoms with Crippen molar-refractivity contribution in [3.63, 3.8) is 0 Å². The summed E-state index contributed by atoms with van der Waals surface area (Å²) in [6.45, 7) is 5.18. The van der Waals surface area contributed by atoms with E-state index < -0.39 is 0 Å². The molecule has 0 aromatic heterocycles. The van der Waals surface area contributed by atoms with Crippen molar-refractivity contribution in [3.05, 3.63) is 0 Å². The Hall–Kier alpha value is -0.120. The summed E-state index contributed by atoms with van der Waals surface area (Å²) < 4.78 is 5.55. The van der Waals surface area contributed by atoms with Gasteiger partial charge in [-0.1, -0.05) is 38.5 Å². The quantitative estimate of drug-likeness (QED) is 0.699. The van der Waals surface area contributed by atoms with Crippen LogP contribution in [0, 0.1) is 0 Å². The first-order valence-corrected chi connectivity index (χ1v) is 7.99. The Kier molecular flexibility index (Phi) is 11.8. The summed E-state index contributed by atoms with van der Waals surface area (Å²) in [6.07, 6.45) is 13.4. The Bertz CT molecular complexity index is 89.5. The lowest BCUT2D eigenvalue weighted by Gasteiger charge is -2.08. The maximum absolute atomic E-state index is 5.55. The number of hydrogen-bond donors (Lipinski definition) is 2. The van der Waals surface area contributed by atoms with Gasteiger partial charge in [0.25, 0.3) is 0 Å². The van der Waals surface area contributed by atoms with Gasteiger partial charge in [-0.2, -0.15) is 0 Å². The van der Waals surface area contributed by atoms with Gasteiger partial charge in [-0.3, -0.25) is 5.32 Å². The van der Waals surface area contributed by atoms with E-state index in [1.807, 2.05) is 0 Å². The van der Waals surface area contributed by atoms with Crippen LogP contribution in [0.2, 0.25) is 0 Å². The first-order valence-electron chi connectivity index (χ1n) is 7.99. The summed E-state index contributed by atoms with van der Waals surface area (Å²) in [5.41, 5.74) is 0. The number of hydrogen-bond acceptors (Lipinski definition) is 3. The molecule has 0 spiro atoms. The fourth-order valence-corrected chi connectivity index (χ4v) is 2.36. The van der Waals surface area contributed by atoms with Gasteiger partial charge in [0.1, 0.15) is 0 Å². The number of rotatable bonds is 0. The van der Waals surface area contributed by atoms with Crippen LogP contribution in [0.3, 0.4) is 0 Å². The molecule has 1 fully saturated rings. The monoisotopic (exact) mass is 256 g/mol. The highest BCUT2D eigenvalue weighted by molar-refractivity contribution is 4.52. The molecule has 0 unspecified atom stereocenters. The van der Waals surface area contributed by atoms with Crippen molar-refractivity contribution in [2.24, 2.45) is 0 Å². The molecular formula is C15H32N2O. The molecule has 3 nitrogen and oxygen atoms in total. The normalized spacial score (nSPS) is 24.0. The lowest BCUT2D eigenvalue weighted by molar-refractivity contribution is 0.112. The highest BCUT2D eigenvalue weighted by Gasteiger charge is 1.95. The largest absolute Gasteiger partial charge is 0.366 e. The van der Waals surface area contributed by atoms with Crippen molar-refractivity contribution in [3.8, 4) is 0 Å². The van der Waals surface area contributed by atoms with Crippen molar-refractivity contribution in [2.45, 2.75) is 64.2 Å². The van der Waals surface area contributed by atoms with Crippen LogP contribution in [-0.2, 0) is 4.74 Å². The van der Waals surface area contributed by atoms with Crippen LogP contribution >= 0.6 is 0 Å². The van der Waals surface area contributed by atoms with Crippen molar-refractivity contribution >= 4 is 0 Å². The molecule has 0 aromatic rings. The van der Waals surface area contributed by atoms with Gasteiger partial charge in [-0.25, -0.2) is 0 Å². The predicted molar refractivity (Wildman–Crippen MR) is 77.9 cm³/mol. The maximum atomic E-state index is 5.55. The summed E-state index contributed by atoms with van der Waals surface area (Å²) in [5.74, 6) is 0. The molecular weight excluding hydrogens is 224 g/mol. The Morgan fingerprint density at radius 2 is 1.00 bits per heavy atom. The van der Waals surface area contributed by atoms with Gasteiger partial charge in [-0.15, -0.1) is 0 Å². The third kappa shape index (κ3) is 11.0. The molecule has 0 aliphatic carbocycles. The molecule has 108 valence electrons. The van der Waals surface area contributed by atoms with E-state index in [9.17, 15) is 0 Å². The van der Waals surface area contributed by atoms with Gasteiger partial charge in [0, 0.05) is 6.61 Å². The van der Waals surface area contributed by atoms with Crippen molar-refractivity contribution in [1.29, 1.82) is 0 Å².